The van der Waals surface area contributed by atoms with E-state index in [1.807, 2.05) is 0 Å². The van der Waals surface area contributed by atoms with Crippen LogP contribution in [0.4, 0.5) is 0 Å². The second kappa shape index (κ2) is 7.62. The molecule has 1 aromatic heterocycles. The van der Waals surface area contributed by atoms with Crippen molar-refractivity contribution in [2.45, 2.75) is 37.3 Å². The fourth-order valence-electron chi connectivity index (χ4n) is 1.46. The summed E-state index contributed by atoms with van der Waals surface area (Å²) in [6, 6.07) is 0. The average Bonchev–Trinajstić information content (AvgIpc) is 2.66. The summed E-state index contributed by atoms with van der Waals surface area (Å²) < 4.78 is 12.6. The van der Waals surface area contributed by atoms with Gasteiger partial charge in [0.05, 0.1) is 13.2 Å². The minimum atomic E-state index is -0.0569. The van der Waals surface area contributed by atoms with Crippen molar-refractivity contribution in [2.75, 3.05) is 13.2 Å². The van der Waals surface area contributed by atoms with Crippen LogP contribution >= 0.6 is 12.6 Å². The maximum absolute atomic E-state index is 5.54. The SMILES string of the molecule is Sc1nnnn1CCOC1CCCCO1.[NaH]. The number of thiol groups is 1. The fourth-order valence-corrected chi connectivity index (χ4v) is 1.64. The van der Waals surface area contributed by atoms with E-state index in [0.29, 0.717) is 18.3 Å². The van der Waals surface area contributed by atoms with Gasteiger partial charge in [-0.15, -0.1) is 17.7 Å². The molecule has 16 heavy (non-hydrogen) atoms. The van der Waals surface area contributed by atoms with E-state index < -0.39 is 0 Å². The first-order valence-corrected chi connectivity index (χ1v) is 5.49. The molecule has 86 valence electrons. The molecule has 2 rings (SSSR count). The number of tetrazole rings is 1. The summed E-state index contributed by atoms with van der Waals surface area (Å²) in [6.45, 7) is 1.95. The number of rotatable bonds is 4. The van der Waals surface area contributed by atoms with Crippen LogP contribution in [-0.2, 0) is 16.0 Å². The van der Waals surface area contributed by atoms with Gasteiger partial charge in [-0.1, -0.05) is 0 Å². The van der Waals surface area contributed by atoms with Gasteiger partial charge in [0.25, 0.3) is 0 Å². The Balaban J connectivity index is 0.00000128. The van der Waals surface area contributed by atoms with Crippen molar-refractivity contribution in [3.63, 3.8) is 0 Å². The van der Waals surface area contributed by atoms with Gasteiger partial charge in [0.2, 0.25) is 5.16 Å². The van der Waals surface area contributed by atoms with Crippen LogP contribution in [-0.4, -0.2) is 69.3 Å². The normalized spacial score (nSPS) is 20.4. The maximum atomic E-state index is 5.54. The Bertz CT molecular complexity index is 306. The monoisotopic (exact) mass is 254 g/mol. The fraction of sp³-hybridized carbons (Fsp3) is 0.875. The summed E-state index contributed by atoms with van der Waals surface area (Å²) >= 11 is 4.09. The van der Waals surface area contributed by atoms with E-state index in [-0.39, 0.29) is 35.8 Å². The number of nitrogens with zero attached hydrogens (tertiary/aromatic N) is 4. The molecule has 0 N–H and O–H groups in total. The number of ether oxygens (including phenoxy) is 2. The Morgan fingerprint density at radius 2 is 2.38 bits per heavy atom. The van der Waals surface area contributed by atoms with Crippen LogP contribution in [0.5, 0.6) is 0 Å². The number of hydrogen-bond donors (Lipinski definition) is 1. The Kier molecular flexibility index (Phi) is 6.86. The molecular weight excluding hydrogens is 239 g/mol. The Hall–Kier alpha value is 0.340. The molecule has 1 aliphatic rings. The minimum absolute atomic E-state index is 0. The van der Waals surface area contributed by atoms with Crippen LogP contribution in [0.25, 0.3) is 0 Å². The van der Waals surface area contributed by atoms with E-state index >= 15 is 0 Å². The summed E-state index contributed by atoms with van der Waals surface area (Å²) in [5.74, 6) is 0. The molecule has 0 amide bonds. The average molecular weight is 254 g/mol. The molecule has 0 radical (unpaired) electrons. The van der Waals surface area contributed by atoms with Crippen LogP contribution in [0.1, 0.15) is 19.3 Å². The molecule has 0 bridgehead atoms. The first kappa shape index (κ1) is 14.4. The van der Waals surface area contributed by atoms with Crippen molar-refractivity contribution in [2.24, 2.45) is 0 Å². The van der Waals surface area contributed by atoms with Gasteiger partial charge in [-0.2, -0.15) is 0 Å². The van der Waals surface area contributed by atoms with Gasteiger partial charge in [-0.25, -0.2) is 4.68 Å². The molecule has 0 aromatic carbocycles. The molecule has 1 aliphatic heterocycles. The summed E-state index contributed by atoms with van der Waals surface area (Å²) in [4.78, 5) is 0. The van der Waals surface area contributed by atoms with Crippen LogP contribution < -0.4 is 0 Å². The topological polar surface area (TPSA) is 62.1 Å². The molecule has 1 unspecified atom stereocenters. The van der Waals surface area contributed by atoms with Gasteiger partial charge in [0.1, 0.15) is 0 Å². The summed E-state index contributed by atoms with van der Waals surface area (Å²) in [6.07, 6.45) is 3.23. The molecule has 1 atom stereocenters. The molecule has 6 nitrogen and oxygen atoms in total. The van der Waals surface area contributed by atoms with E-state index in [9.17, 15) is 0 Å². The molecule has 8 heteroatoms. The molecule has 1 fully saturated rings. The van der Waals surface area contributed by atoms with Crippen molar-refractivity contribution in [1.29, 1.82) is 0 Å². The number of hydrogen-bond acceptors (Lipinski definition) is 6. The predicted molar refractivity (Wildman–Crippen MR) is 61.8 cm³/mol. The van der Waals surface area contributed by atoms with Crippen molar-refractivity contribution < 1.29 is 9.47 Å². The van der Waals surface area contributed by atoms with E-state index in [2.05, 4.69) is 28.2 Å². The quantitative estimate of drug-likeness (QED) is 0.598. The van der Waals surface area contributed by atoms with Crippen molar-refractivity contribution >= 4 is 42.2 Å². The zero-order valence-electron chi connectivity index (χ0n) is 8.37. The van der Waals surface area contributed by atoms with Gasteiger partial charge < -0.3 is 9.47 Å². The Morgan fingerprint density at radius 3 is 3.00 bits per heavy atom. The predicted octanol–water partition coefficient (Wildman–Crippen LogP) is -0.144. The summed E-state index contributed by atoms with van der Waals surface area (Å²) in [5.41, 5.74) is 0. The second-order valence-electron chi connectivity index (χ2n) is 3.37. The van der Waals surface area contributed by atoms with Crippen LogP contribution in [0, 0.1) is 0 Å². The molecule has 1 saturated heterocycles. The van der Waals surface area contributed by atoms with Gasteiger partial charge in [-0.3, -0.25) is 0 Å². The summed E-state index contributed by atoms with van der Waals surface area (Å²) in [7, 11) is 0. The summed E-state index contributed by atoms with van der Waals surface area (Å²) in [5, 5.41) is 11.4. The van der Waals surface area contributed by atoms with E-state index in [4.69, 9.17) is 9.47 Å². The molecule has 1 aromatic rings. The molecule has 0 aliphatic carbocycles. The van der Waals surface area contributed by atoms with Crippen molar-refractivity contribution in [3.8, 4) is 0 Å². The van der Waals surface area contributed by atoms with Gasteiger partial charge >= 0.3 is 29.6 Å². The van der Waals surface area contributed by atoms with Crippen molar-refractivity contribution in [3.05, 3.63) is 0 Å². The third kappa shape index (κ3) is 4.31. The first-order valence-electron chi connectivity index (χ1n) is 5.04. The van der Waals surface area contributed by atoms with E-state index in [1.165, 1.54) is 6.42 Å². The second-order valence-corrected chi connectivity index (χ2v) is 3.77. The Morgan fingerprint density at radius 1 is 1.50 bits per heavy atom. The van der Waals surface area contributed by atoms with Crippen LogP contribution in [0.15, 0.2) is 5.16 Å². The zero-order valence-corrected chi connectivity index (χ0v) is 9.27. The zero-order chi connectivity index (χ0) is 10.5. The van der Waals surface area contributed by atoms with Gasteiger partial charge in [-0.05, 0) is 29.7 Å². The van der Waals surface area contributed by atoms with E-state index in [0.717, 1.165) is 19.4 Å². The van der Waals surface area contributed by atoms with Crippen molar-refractivity contribution in [1.82, 2.24) is 20.2 Å². The van der Waals surface area contributed by atoms with Gasteiger partial charge in [0.15, 0.2) is 6.29 Å². The first-order chi connectivity index (χ1) is 7.36. The molecule has 0 spiro atoms. The van der Waals surface area contributed by atoms with Crippen LogP contribution in [0.3, 0.4) is 0 Å². The molecule has 0 saturated carbocycles. The van der Waals surface area contributed by atoms with Gasteiger partial charge in [0, 0.05) is 6.61 Å². The molecule has 2 heterocycles. The van der Waals surface area contributed by atoms with Crippen LogP contribution in [0.2, 0.25) is 0 Å². The number of aromatic nitrogens is 4. The third-order valence-electron chi connectivity index (χ3n) is 2.26. The standard InChI is InChI=1S/C8H14N4O2S.Na.H/c15-8-9-10-11-12(8)4-6-14-7-3-1-2-5-13-7;;/h7H,1-6H2,(H,9,11,15);;. The Labute approximate surface area is 122 Å². The third-order valence-corrected chi connectivity index (χ3v) is 2.58. The molecular formula is C8H15N4NaO2S. The van der Waals surface area contributed by atoms with E-state index in [1.54, 1.807) is 4.68 Å².